The Balaban J connectivity index is 0.000000264. The van der Waals surface area contributed by atoms with E-state index in [1.54, 1.807) is 12.4 Å². The number of hydrogen-bond donors (Lipinski definition) is 1. The number of carbonyl (C=O) groups is 1. The number of hydrogen-bond acceptors (Lipinski definition) is 4. The number of ketones is 1. The molecule has 0 amide bonds. The summed E-state index contributed by atoms with van der Waals surface area (Å²) in [6.07, 6.45) is 4.71. The molecular weight excluding hydrogens is 456 g/mol. The van der Waals surface area contributed by atoms with E-state index in [2.05, 4.69) is 16.0 Å². The normalized spacial score (nSPS) is 10.5. The van der Waals surface area contributed by atoms with Crippen LogP contribution in [0.1, 0.15) is 13.8 Å². The summed E-state index contributed by atoms with van der Waals surface area (Å²) in [5.74, 6) is -0.0625. The molecule has 115 valence electrons. The number of carbonyl (C=O) groups excluding carboxylic acids is 1. The summed E-state index contributed by atoms with van der Waals surface area (Å²) >= 11 is 0. The third-order valence-corrected chi connectivity index (χ3v) is 2.68. The van der Waals surface area contributed by atoms with Crippen molar-refractivity contribution in [1.29, 1.82) is 0 Å². The zero-order valence-electron chi connectivity index (χ0n) is 12.2. The van der Waals surface area contributed by atoms with Crippen LogP contribution in [0.2, 0.25) is 0 Å². The number of rotatable bonds is 1. The zero-order chi connectivity index (χ0) is 15.2. The third-order valence-electron chi connectivity index (χ3n) is 2.68. The van der Waals surface area contributed by atoms with E-state index in [4.69, 9.17) is 5.11 Å². The Labute approximate surface area is 142 Å². The monoisotopic (exact) mass is 472 g/mol. The molecule has 0 spiro atoms. The number of pyridine rings is 2. The van der Waals surface area contributed by atoms with Crippen molar-refractivity contribution in [3.05, 3.63) is 60.6 Å². The molecule has 2 heterocycles. The number of aromatic nitrogens is 2. The first-order valence-electron chi connectivity index (χ1n) is 6.46. The van der Waals surface area contributed by atoms with Gasteiger partial charge in [0, 0.05) is 32.4 Å². The summed E-state index contributed by atoms with van der Waals surface area (Å²) in [7, 11) is 0. The van der Waals surface area contributed by atoms with Gasteiger partial charge in [0.25, 0.3) is 0 Å². The van der Waals surface area contributed by atoms with Crippen LogP contribution in [-0.4, -0.2) is 20.9 Å². The van der Waals surface area contributed by atoms with Crippen LogP contribution in [0.15, 0.2) is 54.6 Å². The average molecular weight is 472 g/mol. The number of benzene rings is 1. The summed E-state index contributed by atoms with van der Waals surface area (Å²) in [4.78, 5) is 18.6. The van der Waals surface area contributed by atoms with Gasteiger partial charge in [-0.25, -0.2) is 0 Å². The fourth-order valence-electron chi connectivity index (χ4n) is 1.92. The second kappa shape index (κ2) is 8.37. The number of aliphatic hydroxyl groups excluding tert-OH is 1. The maximum Gasteiger partial charge on any atom is 0.155 e. The number of fused-ring (bicyclic) bond motifs is 3. The topological polar surface area (TPSA) is 63.1 Å². The van der Waals surface area contributed by atoms with Gasteiger partial charge in [0.1, 0.15) is 0 Å². The van der Waals surface area contributed by atoms with Crippen molar-refractivity contribution < 1.29 is 30.0 Å². The molecule has 3 aromatic rings. The van der Waals surface area contributed by atoms with Crippen molar-refractivity contribution in [3.63, 3.8) is 0 Å². The molecule has 0 fully saturated rings. The van der Waals surface area contributed by atoms with Gasteiger partial charge in [-0.2, -0.15) is 0 Å². The summed E-state index contributed by atoms with van der Waals surface area (Å²) in [6.45, 7) is 2.85. The SMILES string of the molecule is CC(=O)C=C(C)O.[Ir].[c-]1ccnc2ccc3cccnc3c12. The first-order chi connectivity index (χ1) is 10.1. The Kier molecular flexibility index (Phi) is 6.83. The predicted octanol–water partition coefficient (Wildman–Crippen LogP) is 3.62. The van der Waals surface area contributed by atoms with E-state index in [9.17, 15) is 4.79 Å². The van der Waals surface area contributed by atoms with Crippen molar-refractivity contribution >= 4 is 27.6 Å². The van der Waals surface area contributed by atoms with Crippen LogP contribution in [0.5, 0.6) is 0 Å². The third kappa shape index (κ3) is 4.72. The molecule has 0 aliphatic carbocycles. The van der Waals surface area contributed by atoms with Gasteiger partial charge in [-0.05, 0) is 36.3 Å². The molecule has 22 heavy (non-hydrogen) atoms. The maximum atomic E-state index is 10.0. The predicted molar refractivity (Wildman–Crippen MR) is 82.9 cm³/mol. The minimum Gasteiger partial charge on any atom is -0.512 e. The molecular formula is C17H15IrN2O2-. The Hall–Kier alpha value is -2.10. The van der Waals surface area contributed by atoms with Gasteiger partial charge in [-0.3, -0.25) is 4.79 Å². The van der Waals surface area contributed by atoms with E-state index in [0.717, 1.165) is 21.8 Å². The average Bonchev–Trinajstić information content (AvgIpc) is 2.46. The number of nitrogens with zero attached hydrogens (tertiary/aromatic N) is 2. The molecule has 0 aliphatic heterocycles. The molecule has 0 aliphatic rings. The fraction of sp³-hybridized carbons (Fsp3) is 0.118. The van der Waals surface area contributed by atoms with Gasteiger partial charge in [-0.1, -0.05) is 29.8 Å². The van der Waals surface area contributed by atoms with Crippen molar-refractivity contribution in [2.45, 2.75) is 13.8 Å². The Bertz CT molecular complexity index is 757. The van der Waals surface area contributed by atoms with E-state index >= 15 is 0 Å². The second-order valence-corrected chi connectivity index (χ2v) is 4.52. The minimum atomic E-state index is -0.125. The van der Waals surface area contributed by atoms with E-state index in [0.29, 0.717) is 0 Å². The van der Waals surface area contributed by atoms with Gasteiger partial charge in [0.2, 0.25) is 0 Å². The van der Waals surface area contributed by atoms with Gasteiger partial charge in [-0.15, -0.1) is 12.1 Å². The van der Waals surface area contributed by atoms with Crippen molar-refractivity contribution in [2.24, 2.45) is 0 Å². The Morgan fingerprint density at radius 2 is 1.95 bits per heavy atom. The van der Waals surface area contributed by atoms with Crippen LogP contribution in [-0.2, 0) is 24.9 Å². The fourth-order valence-corrected chi connectivity index (χ4v) is 1.92. The molecule has 5 heteroatoms. The minimum absolute atomic E-state index is 0. The van der Waals surface area contributed by atoms with Crippen LogP contribution in [0.4, 0.5) is 0 Å². The molecule has 0 atom stereocenters. The Morgan fingerprint density at radius 1 is 1.18 bits per heavy atom. The smallest absolute Gasteiger partial charge is 0.155 e. The molecule has 1 aromatic carbocycles. The molecule has 0 saturated heterocycles. The molecule has 1 N–H and O–H groups in total. The van der Waals surface area contributed by atoms with E-state index < -0.39 is 0 Å². The summed E-state index contributed by atoms with van der Waals surface area (Å²) < 4.78 is 0. The number of aliphatic hydroxyl groups is 1. The van der Waals surface area contributed by atoms with Gasteiger partial charge in [0.05, 0.1) is 5.76 Å². The van der Waals surface area contributed by atoms with Crippen molar-refractivity contribution in [1.82, 2.24) is 9.97 Å². The van der Waals surface area contributed by atoms with E-state index in [1.165, 1.54) is 19.9 Å². The standard InChI is InChI=1S/C12H7N2.C5H8O2.Ir/c1-3-9-5-6-11-10(4-2-7-13-11)12(9)14-8-1;1-4(6)3-5(2)7;/h1-3,5-8H;3,6H,1-2H3;/q-1;;. The van der Waals surface area contributed by atoms with E-state index in [1.807, 2.05) is 30.3 Å². The summed E-state index contributed by atoms with van der Waals surface area (Å²) in [5, 5.41) is 10.5. The molecule has 0 unspecified atom stereocenters. The first kappa shape index (κ1) is 17.9. The van der Waals surface area contributed by atoms with Crippen LogP contribution >= 0.6 is 0 Å². The van der Waals surface area contributed by atoms with Crippen LogP contribution in [0.3, 0.4) is 0 Å². The number of allylic oxidation sites excluding steroid dienone is 2. The molecule has 4 nitrogen and oxygen atoms in total. The van der Waals surface area contributed by atoms with Gasteiger partial charge in [0.15, 0.2) is 5.78 Å². The van der Waals surface area contributed by atoms with E-state index in [-0.39, 0.29) is 31.6 Å². The van der Waals surface area contributed by atoms with Crippen molar-refractivity contribution in [2.75, 3.05) is 0 Å². The van der Waals surface area contributed by atoms with Crippen LogP contribution < -0.4 is 0 Å². The zero-order valence-corrected chi connectivity index (χ0v) is 14.6. The van der Waals surface area contributed by atoms with Gasteiger partial charge < -0.3 is 15.1 Å². The molecule has 0 saturated carbocycles. The van der Waals surface area contributed by atoms with Gasteiger partial charge >= 0.3 is 0 Å². The maximum absolute atomic E-state index is 10.0. The molecule has 1 radical (unpaired) electrons. The molecule has 0 bridgehead atoms. The summed E-state index contributed by atoms with van der Waals surface area (Å²) in [5.41, 5.74) is 1.91. The second-order valence-electron chi connectivity index (χ2n) is 4.52. The van der Waals surface area contributed by atoms with Crippen molar-refractivity contribution in [3.8, 4) is 0 Å². The largest absolute Gasteiger partial charge is 0.512 e. The first-order valence-corrected chi connectivity index (χ1v) is 6.46. The molecule has 3 rings (SSSR count). The van der Waals surface area contributed by atoms with Crippen LogP contribution in [0.25, 0.3) is 21.8 Å². The van der Waals surface area contributed by atoms with Crippen LogP contribution in [0, 0.1) is 6.07 Å². The summed E-state index contributed by atoms with van der Waals surface area (Å²) in [6, 6.07) is 13.0. The molecule has 2 aromatic heterocycles. The Morgan fingerprint density at radius 3 is 2.59 bits per heavy atom. The quantitative estimate of drug-likeness (QED) is 0.255.